The Morgan fingerprint density at radius 3 is 1.80 bits per heavy atom. The first-order valence-electron chi connectivity index (χ1n) is 13.4. The highest BCUT2D eigenvalue weighted by atomic mass is 35.5. The average Bonchev–Trinajstić information content (AvgIpc) is 3.49. The Morgan fingerprint density at radius 1 is 0.857 bits per heavy atom. The van der Waals surface area contributed by atoms with Crippen LogP contribution in [0.15, 0.2) is 48.5 Å². The van der Waals surface area contributed by atoms with Crippen molar-refractivity contribution >= 4 is 23.2 Å². The zero-order valence-corrected chi connectivity index (χ0v) is 23.3. The monoisotopic (exact) mass is 512 g/mol. The Labute approximate surface area is 223 Å². The largest absolute Gasteiger partial charge is 0.297 e. The van der Waals surface area contributed by atoms with Gasteiger partial charge in [-0.2, -0.15) is 5.26 Å². The summed E-state index contributed by atoms with van der Waals surface area (Å²) in [4.78, 5) is 2.20. The fourth-order valence-electron chi connectivity index (χ4n) is 5.90. The Balaban J connectivity index is 0.00000108. The lowest BCUT2D eigenvalue weighted by Crippen LogP contribution is -2.32. The Bertz CT molecular complexity index is 911. The van der Waals surface area contributed by atoms with Crippen LogP contribution in [0.1, 0.15) is 101 Å². The van der Waals surface area contributed by atoms with E-state index in [9.17, 15) is 0 Å². The molecule has 4 rings (SSSR count). The standard InChI is InChI=1S/C29H39Cl2N.C2H3N/c1-23(2)32(22-24-12-4-3-5-13-24)21-11-14-25-26(28(30)17-6-7-18-28)15-10-16-27(25)29(31)19-8-9-20-29;1-2-3/h3-5,10,12-13,15-16,23H,6-9,11,14,17-22H2,1-2H3;1H3. The molecule has 0 heterocycles. The Morgan fingerprint density at radius 2 is 1.34 bits per heavy atom. The van der Waals surface area contributed by atoms with Crippen LogP contribution in [-0.4, -0.2) is 17.5 Å². The normalized spacial score (nSPS) is 18.3. The number of hydrogen-bond acceptors (Lipinski definition) is 2. The quantitative estimate of drug-likeness (QED) is 0.313. The lowest BCUT2D eigenvalue weighted by molar-refractivity contribution is 0.210. The maximum atomic E-state index is 7.32. The Hall–Kier alpha value is -1.53. The molecule has 35 heavy (non-hydrogen) atoms. The molecule has 2 aliphatic rings. The van der Waals surface area contributed by atoms with Crippen molar-refractivity contribution in [1.29, 1.82) is 5.26 Å². The summed E-state index contributed by atoms with van der Waals surface area (Å²) in [5, 5.41) is 7.32. The van der Waals surface area contributed by atoms with Gasteiger partial charge in [-0.1, -0.05) is 74.2 Å². The smallest absolute Gasteiger partial charge is 0.0697 e. The van der Waals surface area contributed by atoms with E-state index in [1.165, 1.54) is 54.9 Å². The van der Waals surface area contributed by atoms with Gasteiger partial charge in [-0.05, 0) is 81.2 Å². The highest BCUT2D eigenvalue weighted by Gasteiger charge is 2.40. The van der Waals surface area contributed by atoms with Crippen molar-refractivity contribution in [1.82, 2.24) is 4.90 Å². The molecule has 2 nitrogen and oxygen atoms in total. The van der Waals surface area contributed by atoms with Gasteiger partial charge >= 0.3 is 0 Å². The van der Waals surface area contributed by atoms with E-state index in [4.69, 9.17) is 28.5 Å². The minimum Gasteiger partial charge on any atom is -0.297 e. The second kappa shape index (κ2) is 13.1. The van der Waals surface area contributed by atoms with Crippen molar-refractivity contribution in [3.63, 3.8) is 0 Å². The van der Waals surface area contributed by atoms with Crippen molar-refractivity contribution in [2.45, 2.75) is 107 Å². The summed E-state index contributed by atoms with van der Waals surface area (Å²) >= 11 is 14.5. The molecule has 0 amide bonds. The van der Waals surface area contributed by atoms with E-state index < -0.39 is 0 Å². The molecule has 0 bridgehead atoms. The highest BCUT2D eigenvalue weighted by molar-refractivity contribution is 6.25. The molecule has 2 aromatic carbocycles. The van der Waals surface area contributed by atoms with Gasteiger partial charge in [0.25, 0.3) is 0 Å². The summed E-state index contributed by atoms with van der Waals surface area (Å²) in [6.07, 6.45) is 11.5. The van der Waals surface area contributed by atoms with Crippen molar-refractivity contribution < 1.29 is 0 Å². The number of alkyl halides is 2. The van der Waals surface area contributed by atoms with E-state index in [2.05, 4.69) is 67.3 Å². The molecule has 2 aliphatic carbocycles. The average molecular weight is 514 g/mol. The van der Waals surface area contributed by atoms with Crippen LogP contribution in [0.25, 0.3) is 0 Å². The van der Waals surface area contributed by atoms with Crippen molar-refractivity contribution in [2.24, 2.45) is 0 Å². The summed E-state index contributed by atoms with van der Waals surface area (Å²) < 4.78 is 0. The molecule has 190 valence electrons. The zero-order chi connectivity index (χ0) is 25.3. The third-order valence-electron chi connectivity index (χ3n) is 7.76. The summed E-state index contributed by atoms with van der Waals surface area (Å²) in [6, 6.07) is 19.9. The third kappa shape index (κ3) is 7.25. The van der Waals surface area contributed by atoms with Crippen LogP contribution in [0.4, 0.5) is 0 Å². The maximum absolute atomic E-state index is 7.32. The SMILES string of the molecule is CC#N.CC(C)N(CCCc1c(C2(Cl)CCCC2)cccc1C1(Cl)CCCC1)Cc1ccccc1. The molecule has 0 spiro atoms. The summed E-state index contributed by atoms with van der Waals surface area (Å²) in [6.45, 7) is 8.14. The van der Waals surface area contributed by atoms with Crippen LogP contribution in [-0.2, 0) is 22.7 Å². The molecular formula is C31H42Cl2N2. The second-order valence-corrected chi connectivity index (χ2v) is 12.0. The number of halogens is 2. The molecular weight excluding hydrogens is 471 g/mol. The number of nitriles is 1. The van der Waals surface area contributed by atoms with E-state index in [0.717, 1.165) is 51.6 Å². The molecule has 0 saturated heterocycles. The molecule has 0 atom stereocenters. The van der Waals surface area contributed by atoms with Crippen LogP contribution in [0.5, 0.6) is 0 Å². The van der Waals surface area contributed by atoms with E-state index in [1.54, 1.807) is 6.07 Å². The van der Waals surface area contributed by atoms with Crippen molar-refractivity contribution in [3.05, 3.63) is 70.8 Å². The van der Waals surface area contributed by atoms with Gasteiger partial charge in [0.1, 0.15) is 0 Å². The molecule has 4 heteroatoms. The van der Waals surface area contributed by atoms with Crippen molar-refractivity contribution in [3.8, 4) is 6.07 Å². The predicted octanol–water partition coefficient (Wildman–Crippen LogP) is 9.08. The lowest BCUT2D eigenvalue weighted by atomic mass is 9.82. The lowest BCUT2D eigenvalue weighted by Gasteiger charge is -2.32. The molecule has 2 aromatic rings. The van der Waals surface area contributed by atoms with Gasteiger partial charge in [0.2, 0.25) is 0 Å². The molecule has 0 unspecified atom stereocenters. The fourth-order valence-corrected chi connectivity index (χ4v) is 6.79. The first-order chi connectivity index (χ1) is 16.8. The predicted molar refractivity (Wildman–Crippen MR) is 150 cm³/mol. The molecule has 2 fully saturated rings. The Kier molecular flexibility index (Phi) is 10.5. The molecule has 2 saturated carbocycles. The summed E-state index contributed by atoms with van der Waals surface area (Å²) in [7, 11) is 0. The minimum atomic E-state index is -0.195. The molecule has 0 N–H and O–H groups in total. The number of nitrogens with zero attached hydrogens (tertiary/aromatic N) is 2. The highest BCUT2D eigenvalue weighted by Crippen LogP contribution is 2.51. The van der Waals surface area contributed by atoms with Gasteiger partial charge in [0.15, 0.2) is 0 Å². The van der Waals surface area contributed by atoms with E-state index >= 15 is 0 Å². The van der Waals surface area contributed by atoms with Gasteiger partial charge in [-0.15, -0.1) is 23.2 Å². The van der Waals surface area contributed by atoms with Crippen LogP contribution >= 0.6 is 23.2 Å². The summed E-state index contributed by atoms with van der Waals surface area (Å²) in [5.41, 5.74) is 5.60. The summed E-state index contributed by atoms with van der Waals surface area (Å²) in [5.74, 6) is 0. The topological polar surface area (TPSA) is 27.0 Å². The minimum absolute atomic E-state index is 0.195. The van der Waals surface area contributed by atoms with Gasteiger partial charge in [0, 0.05) is 19.5 Å². The first-order valence-corrected chi connectivity index (χ1v) is 14.2. The van der Waals surface area contributed by atoms with Crippen LogP contribution in [0.3, 0.4) is 0 Å². The fraction of sp³-hybridized carbons (Fsp3) is 0.581. The van der Waals surface area contributed by atoms with Crippen molar-refractivity contribution in [2.75, 3.05) is 6.54 Å². The molecule has 0 aromatic heterocycles. The first kappa shape index (κ1) is 28.0. The zero-order valence-electron chi connectivity index (χ0n) is 21.8. The van der Waals surface area contributed by atoms with Gasteiger partial charge in [0.05, 0.1) is 15.8 Å². The maximum Gasteiger partial charge on any atom is 0.0697 e. The van der Waals surface area contributed by atoms with E-state index in [-0.39, 0.29) is 9.75 Å². The van der Waals surface area contributed by atoms with Gasteiger partial charge < -0.3 is 0 Å². The second-order valence-electron chi connectivity index (χ2n) is 10.6. The number of hydrogen-bond donors (Lipinski definition) is 0. The van der Waals surface area contributed by atoms with E-state index in [1.807, 2.05) is 0 Å². The van der Waals surface area contributed by atoms with Crippen LogP contribution in [0.2, 0.25) is 0 Å². The molecule has 0 radical (unpaired) electrons. The third-order valence-corrected chi connectivity index (χ3v) is 8.93. The van der Waals surface area contributed by atoms with Crippen LogP contribution in [0, 0.1) is 11.3 Å². The number of benzene rings is 2. The van der Waals surface area contributed by atoms with Gasteiger partial charge in [-0.3, -0.25) is 4.90 Å². The molecule has 0 aliphatic heterocycles. The number of rotatable bonds is 9. The van der Waals surface area contributed by atoms with Gasteiger partial charge in [-0.25, -0.2) is 0 Å². The van der Waals surface area contributed by atoms with Crippen LogP contribution < -0.4 is 0 Å². The van der Waals surface area contributed by atoms with E-state index in [0.29, 0.717) is 6.04 Å².